The summed E-state index contributed by atoms with van der Waals surface area (Å²) in [5.41, 5.74) is 2.03. The minimum absolute atomic E-state index is 0.0953. The highest BCUT2D eigenvalue weighted by Gasteiger charge is 2.23. The van der Waals surface area contributed by atoms with E-state index in [-0.39, 0.29) is 17.9 Å². The van der Waals surface area contributed by atoms with Crippen molar-refractivity contribution in [2.24, 2.45) is 0 Å². The van der Waals surface area contributed by atoms with Gasteiger partial charge < -0.3 is 19.7 Å². The van der Waals surface area contributed by atoms with Crippen molar-refractivity contribution in [1.82, 2.24) is 10.2 Å². The van der Waals surface area contributed by atoms with Gasteiger partial charge in [-0.15, -0.1) is 0 Å². The van der Waals surface area contributed by atoms with Gasteiger partial charge in [0.15, 0.2) is 11.5 Å². The maximum absolute atomic E-state index is 12.6. The van der Waals surface area contributed by atoms with Gasteiger partial charge in [0.05, 0.1) is 14.2 Å². The average Bonchev–Trinajstić information content (AvgIpc) is 2.82. The van der Waals surface area contributed by atoms with Gasteiger partial charge in [0.2, 0.25) is 11.8 Å². The molecule has 1 saturated heterocycles. The van der Waals surface area contributed by atoms with E-state index in [2.05, 4.69) is 5.32 Å². The van der Waals surface area contributed by atoms with E-state index in [0.29, 0.717) is 37.4 Å². The van der Waals surface area contributed by atoms with Gasteiger partial charge in [-0.25, -0.2) is 0 Å². The van der Waals surface area contributed by atoms with Gasteiger partial charge in [-0.3, -0.25) is 9.59 Å². The standard InChI is InChI=1S/C25H30N2O4/c1-30-22-11-8-20(18-23(22)31-2)10-13-25(29)27-16-14-21(15-17-27)26-24(28)12-9-19-6-4-3-5-7-19/h3-9,11-12,18,21H,10,13-17H2,1-2H3,(H,26,28)/b12-9+. The highest BCUT2D eigenvalue weighted by Crippen LogP contribution is 2.28. The molecule has 1 fully saturated rings. The number of piperidine rings is 1. The fourth-order valence-corrected chi connectivity index (χ4v) is 3.70. The van der Waals surface area contributed by atoms with Crippen molar-refractivity contribution in [3.05, 3.63) is 65.7 Å². The first-order chi connectivity index (χ1) is 15.1. The number of ether oxygens (including phenoxy) is 2. The van der Waals surface area contributed by atoms with Crippen LogP contribution in [0.3, 0.4) is 0 Å². The Labute approximate surface area is 183 Å². The van der Waals surface area contributed by atoms with Crippen molar-refractivity contribution >= 4 is 17.9 Å². The molecule has 0 bridgehead atoms. The molecule has 6 nitrogen and oxygen atoms in total. The van der Waals surface area contributed by atoms with Crippen LogP contribution < -0.4 is 14.8 Å². The van der Waals surface area contributed by atoms with E-state index in [1.54, 1.807) is 20.3 Å². The van der Waals surface area contributed by atoms with Crippen molar-refractivity contribution in [1.29, 1.82) is 0 Å². The smallest absolute Gasteiger partial charge is 0.244 e. The lowest BCUT2D eigenvalue weighted by molar-refractivity contribution is -0.132. The molecular weight excluding hydrogens is 392 g/mol. The molecule has 1 N–H and O–H groups in total. The van der Waals surface area contributed by atoms with Crippen molar-refractivity contribution in [2.75, 3.05) is 27.3 Å². The predicted molar refractivity (Wildman–Crippen MR) is 121 cm³/mol. The minimum Gasteiger partial charge on any atom is -0.493 e. The number of carbonyl (C=O) groups is 2. The summed E-state index contributed by atoms with van der Waals surface area (Å²) < 4.78 is 10.6. The Bertz CT molecular complexity index is 903. The third-order valence-electron chi connectivity index (χ3n) is 5.50. The van der Waals surface area contributed by atoms with E-state index in [1.807, 2.05) is 59.5 Å². The number of nitrogens with zero attached hydrogens (tertiary/aromatic N) is 1. The zero-order valence-corrected chi connectivity index (χ0v) is 18.2. The number of amides is 2. The quantitative estimate of drug-likeness (QED) is 0.662. The van der Waals surface area contributed by atoms with Crippen LogP contribution in [0.1, 0.15) is 30.4 Å². The molecule has 31 heavy (non-hydrogen) atoms. The second-order valence-corrected chi connectivity index (χ2v) is 7.60. The Kier molecular flexibility index (Phi) is 8.10. The van der Waals surface area contributed by atoms with E-state index in [4.69, 9.17) is 9.47 Å². The van der Waals surface area contributed by atoms with Gasteiger partial charge in [-0.1, -0.05) is 36.4 Å². The number of hydrogen-bond acceptors (Lipinski definition) is 4. The first-order valence-electron chi connectivity index (χ1n) is 10.6. The highest BCUT2D eigenvalue weighted by molar-refractivity contribution is 5.91. The molecule has 6 heteroatoms. The van der Waals surface area contributed by atoms with E-state index in [0.717, 1.165) is 24.0 Å². The molecule has 0 saturated carbocycles. The summed E-state index contributed by atoms with van der Waals surface area (Å²) in [7, 11) is 3.21. The Morgan fingerprint density at radius 1 is 1.03 bits per heavy atom. The topological polar surface area (TPSA) is 67.9 Å². The zero-order chi connectivity index (χ0) is 22.1. The molecule has 1 aliphatic heterocycles. The van der Waals surface area contributed by atoms with E-state index in [1.165, 1.54) is 0 Å². The Balaban J connectivity index is 1.41. The largest absolute Gasteiger partial charge is 0.493 e. The number of benzene rings is 2. The Morgan fingerprint density at radius 3 is 2.42 bits per heavy atom. The highest BCUT2D eigenvalue weighted by atomic mass is 16.5. The van der Waals surface area contributed by atoms with Gasteiger partial charge in [-0.2, -0.15) is 0 Å². The van der Waals surface area contributed by atoms with Crippen molar-refractivity contribution < 1.29 is 19.1 Å². The van der Waals surface area contributed by atoms with Crippen LogP contribution in [0.2, 0.25) is 0 Å². The molecule has 0 atom stereocenters. The van der Waals surface area contributed by atoms with Crippen molar-refractivity contribution in [3.63, 3.8) is 0 Å². The summed E-state index contributed by atoms with van der Waals surface area (Å²) in [6, 6.07) is 15.6. The van der Waals surface area contributed by atoms with Crippen LogP contribution in [0.15, 0.2) is 54.6 Å². The molecule has 0 unspecified atom stereocenters. The van der Waals surface area contributed by atoms with Crippen molar-refractivity contribution in [2.45, 2.75) is 31.7 Å². The van der Waals surface area contributed by atoms with E-state index in [9.17, 15) is 9.59 Å². The summed E-state index contributed by atoms with van der Waals surface area (Å²) >= 11 is 0. The number of aryl methyl sites for hydroxylation is 1. The summed E-state index contributed by atoms with van der Waals surface area (Å²) in [6.07, 6.45) is 6.02. The van der Waals surface area contributed by atoms with Gasteiger partial charge in [-0.05, 0) is 48.6 Å². The Hall–Kier alpha value is -3.28. The lowest BCUT2D eigenvalue weighted by Gasteiger charge is -2.32. The molecule has 2 aromatic carbocycles. The van der Waals surface area contributed by atoms with E-state index >= 15 is 0 Å². The molecule has 0 spiro atoms. The molecule has 1 aliphatic rings. The number of nitrogens with one attached hydrogen (secondary N) is 1. The maximum atomic E-state index is 12.6. The fourth-order valence-electron chi connectivity index (χ4n) is 3.70. The summed E-state index contributed by atoms with van der Waals surface area (Å²) in [5.74, 6) is 1.40. The van der Waals surface area contributed by atoms with Gasteiger partial charge in [0, 0.05) is 31.6 Å². The van der Waals surface area contributed by atoms with Gasteiger partial charge >= 0.3 is 0 Å². The second kappa shape index (κ2) is 11.2. The number of hydrogen-bond donors (Lipinski definition) is 1. The summed E-state index contributed by atoms with van der Waals surface area (Å²) in [5, 5.41) is 3.04. The SMILES string of the molecule is COc1ccc(CCC(=O)N2CCC(NC(=O)/C=C/c3ccccc3)CC2)cc1OC. The summed E-state index contributed by atoms with van der Waals surface area (Å²) in [6.45, 7) is 1.33. The number of rotatable bonds is 8. The average molecular weight is 423 g/mol. The zero-order valence-electron chi connectivity index (χ0n) is 18.2. The molecule has 0 aliphatic carbocycles. The first kappa shape index (κ1) is 22.4. The molecule has 1 heterocycles. The first-order valence-corrected chi connectivity index (χ1v) is 10.6. The number of carbonyl (C=O) groups excluding carboxylic acids is 2. The molecule has 2 aromatic rings. The van der Waals surface area contributed by atoms with Crippen LogP contribution in [0.25, 0.3) is 6.08 Å². The van der Waals surface area contributed by atoms with E-state index < -0.39 is 0 Å². The van der Waals surface area contributed by atoms with Crippen LogP contribution in [0.5, 0.6) is 11.5 Å². The second-order valence-electron chi connectivity index (χ2n) is 7.60. The Morgan fingerprint density at radius 2 is 1.74 bits per heavy atom. The van der Waals surface area contributed by atoms with Crippen molar-refractivity contribution in [3.8, 4) is 11.5 Å². The fraction of sp³-hybridized carbons (Fsp3) is 0.360. The molecule has 0 radical (unpaired) electrons. The van der Waals surface area contributed by atoms with Crippen LogP contribution in [-0.2, 0) is 16.0 Å². The minimum atomic E-state index is -0.0953. The number of likely N-dealkylation sites (tertiary alicyclic amines) is 1. The predicted octanol–water partition coefficient (Wildman–Crippen LogP) is 3.46. The summed E-state index contributed by atoms with van der Waals surface area (Å²) in [4.78, 5) is 26.7. The van der Waals surface area contributed by atoms with Crippen LogP contribution >= 0.6 is 0 Å². The van der Waals surface area contributed by atoms with Gasteiger partial charge in [0.1, 0.15) is 0 Å². The lowest BCUT2D eigenvalue weighted by Crippen LogP contribution is -2.46. The maximum Gasteiger partial charge on any atom is 0.244 e. The molecule has 0 aromatic heterocycles. The third-order valence-corrected chi connectivity index (χ3v) is 5.50. The monoisotopic (exact) mass is 422 g/mol. The molecular formula is C25H30N2O4. The molecule has 164 valence electrons. The number of methoxy groups -OCH3 is 2. The van der Waals surface area contributed by atoms with Crippen LogP contribution in [0, 0.1) is 0 Å². The lowest BCUT2D eigenvalue weighted by atomic mass is 10.0. The third kappa shape index (κ3) is 6.60. The molecule has 3 rings (SSSR count). The van der Waals surface area contributed by atoms with Crippen LogP contribution in [0.4, 0.5) is 0 Å². The normalized spacial score (nSPS) is 14.5. The van der Waals surface area contributed by atoms with Gasteiger partial charge in [0.25, 0.3) is 0 Å². The van der Waals surface area contributed by atoms with Crippen LogP contribution in [-0.4, -0.2) is 50.1 Å². The molecule has 2 amide bonds.